The van der Waals surface area contributed by atoms with Crippen molar-refractivity contribution in [3.63, 3.8) is 0 Å². The van der Waals surface area contributed by atoms with Gasteiger partial charge in [0.2, 0.25) is 6.71 Å². The molecule has 2 aliphatic heterocycles. The van der Waals surface area contributed by atoms with Crippen LogP contribution >= 0.6 is 0 Å². The highest BCUT2D eigenvalue weighted by molar-refractivity contribution is 6.97. The molecule has 0 saturated carbocycles. The number of hydrogen-bond donors (Lipinski definition) is 0. The van der Waals surface area contributed by atoms with Gasteiger partial charge in [0.1, 0.15) is 23.0 Å². The minimum absolute atomic E-state index is 0.144. The van der Waals surface area contributed by atoms with Gasteiger partial charge in [-0.3, -0.25) is 0 Å². The van der Waals surface area contributed by atoms with Crippen LogP contribution < -0.4 is 36.8 Å². The summed E-state index contributed by atoms with van der Waals surface area (Å²) >= 11 is 0. The van der Waals surface area contributed by atoms with E-state index >= 15 is 0 Å². The zero-order valence-electron chi connectivity index (χ0n) is 16.1. The smallest absolute Gasteiger partial charge is 0.250 e. The lowest BCUT2D eigenvalue weighted by Crippen LogP contribution is -2.56. The predicted molar refractivity (Wildman–Crippen MR) is 121 cm³/mol. The average Bonchev–Trinajstić information content (AvgIpc) is 2.77. The molecule has 136 valence electrons. The fraction of sp³-hybridized carbons (Fsp3) is 0.0400. The van der Waals surface area contributed by atoms with Crippen LogP contribution in [0.2, 0.25) is 6.82 Å². The largest absolute Gasteiger partial charge is 0.458 e. The molecule has 4 heteroatoms. The van der Waals surface area contributed by atoms with E-state index in [0.29, 0.717) is 0 Å². The average molecular weight is 372 g/mol. The van der Waals surface area contributed by atoms with E-state index in [9.17, 15) is 0 Å². The van der Waals surface area contributed by atoms with E-state index in [1.807, 2.05) is 24.3 Å². The Bertz CT molecular complexity index is 1240. The van der Waals surface area contributed by atoms with Crippen LogP contribution in [-0.4, -0.2) is 13.4 Å². The number of rotatable bonds is 1. The lowest BCUT2D eigenvalue weighted by atomic mass is 9.34. The summed E-state index contributed by atoms with van der Waals surface area (Å²) in [6, 6.07) is 31.7. The van der Waals surface area contributed by atoms with Gasteiger partial charge in [-0.05, 0) is 34.0 Å². The Balaban J connectivity index is 1.57. The number of ether oxygens (including phenoxy) is 2. The SMILES string of the molecule is CB1c2ccccc2Oc2cc3c(cc21)B(c1ccccc1)c1ccccc1O3. The molecule has 0 unspecified atom stereocenters. The minimum Gasteiger partial charge on any atom is -0.458 e. The molecule has 0 aliphatic carbocycles. The van der Waals surface area contributed by atoms with Crippen molar-refractivity contribution in [1.29, 1.82) is 0 Å². The second kappa shape index (κ2) is 6.31. The standard InChI is InChI=1S/C25H18B2O2/c1-26-18-11-5-7-13-22(18)28-24-16-25-21(15-20(24)26)27(17-9-3-2-4-10-17)19-12-6-8-14-23(19)29-25/h2-16H,1H3. The van der Waals surface area contributed by atoms with Crippen molar-refractivity contribution in [2.45, 2.75) is 6.82 Å². The summed E-state index contributed by atoms with van der Waals surface area (Å²) in [6.07, 6.45) is 0. The highest BCUT2D eigenvalue weighted by atomic mass is 16.5. The molecule has 2 nitrogen and oxygen atoms in total. The maximum atomic E-state index is 6.34. The van der Waals surface area contributed by atoms with Crippen molar-refractivity contribution in [2.24, 2.45) is 0 Å². The molecule has 2 aliphatic rings. The van der Waals surface area contributed by atoms with E-state index in [1.165, 1.54) is 27.3 Å². The Morgan fingerprint density at radius 3 is 1.86 bits per heavy atom. The third-order valence-corrected chi connectivity index (χ3v) is 6.11. The summed E-state index contributed by atoms with van der Waals surface area (Å²) < 4.78 is 12.6. The monoisotopic (exact) mass is 372 g/mol. The highest BCUT2D eigenvalue weighted by Gasteiger charge is 2.35. The van der Waals surface area contributed by atoms with Crippen LogP contribution in [0.5, 0.6) is 23.0 Å². The van der Waals surface area contributed by atoms with E-state index in [2.05, 4.69) is 73.6 Å². The summed E-state index contributed by atoms with van der Waals surface area (Å²) in [4.78, 5) is 0. The van der Waals surface area contributed by atoms with E-state index in [4.69, 9.17) is 9.47 Å². The molecule has 4 aromatic carbocycles. The first-order valence-corrected chi connectivity index (χ1v) is 10.1. The normalized spacial score (nSPS) is 13.4. The molecule has 0 atom stereocenters. The van der Waals surface area contributed by atoms with Crippen LogP contribution in [0.3, 0.4) is 0 Å². The van der Waals surface area contributed by atoms with Gasteiger partial charge in [-0.2, -0.15) is 0 Å². The molecule has 0 fully saturated rings. The van der Waals surface area contributed by atoms with Crippen LogP contribution in [-0.2, 0) is 0 Å². The molecule has 29 heavy (non-hydrogen) atoms. The minimum atomic E-state index is 0.144. The van der Waals surface area contributed by atoms with Crippen LogP contribution in [0.25, 0.3) is 0 Å². The highest BCUT2D eigenvalue weighted by Crippen LogP contribution is 2.31. The van der Waals surface area contributed by atoms with Crippen molar-refractivity contribution in [1.82, 2.24) is 0 Å². The molecule has 2 heterocycles. The molecule has 0 spiro atoms. The van der Waals surface area contributed by atoms with E-state index in [-0.39, 0.29) is 13.4 Å². The lowest BCUT2D eigenvalue weighted by Gasteiger charge is -2.31. The van der Waals surface area contributed by atoms with Gasteiger partial charge in [0.25, 0.3) is 6.71 Å². The first-order valence-electron chi connectivity index (χ1n) is 10.1. The van der Waals surface area contributed by atoms with Crippen LogP contribution in [0.1, 0.15) is 0 Å². The van der Waals surface area contributed by atoms with Gasteiger partial charge in [0.05, 0.1) is 0 Å². The summed E-state index contributed by atoms with van der Waals surface area (Å²) in [6.45, 7) is 2.67. The molecule has 4 aromatic rings. The molecule has 0 N–H and O–H groups in total. The Labute approximate surface area is 171 Å². The van der Waals surface area contributed by atoms with Gasteiger partial charge >= 0.3 is 0 Å². The van der Waals surface area contributed by atoms with Crippen LogP contribution in [0, 0.1) is 0 Å². The Morgan fingerprint density at radius 2 is 1.10 bits per heavy atom. The zero-order chi connectivity index (χ0) is 19.4. The molecular formula is C25H18B2O2. The molecule has 0 radical (unpaired) electrons. The van der Waals surface area contributed by atoms with Crippen molar-refractivity contribution in [3.05, 3.63) is 91.0 Å². The van der Waals surface area contributed by atoms with Gasteiger partial charge in [-0.25, -0.2) is 0 Å². The van der Waals surface area contributed by atoms with Crippen molar-refractivity contribution >= 4 is 40.7 Å². The quantitative estimate of drug-likeness (QED) is 0.422. The van der Waals surface area contributed by atoms with Gasteiger partial charge in [0.15, 0.2) is 0 Å². The number of fused-ring (bicyclic) bond motifs is 4. The molecular weight excluding hydrogens is 354 g/mol. The summed E-state index contributed by atoms with van der Waals surface area (Å²) in [5.41, 5.74) is 6.12. The topological polar surface area (TPSA) is 18.5 Å². The summed E-state index contributed by atoms with van der Waals surface area (Å²) in [7, 11) is 0. The lowest BCUT2D eigenvalue weighted by molar-refractivity contribution is 0.465. The molecule has 0 amide bonds. The van der Waals surface area contributed by atoms with E-state index < -0.39 is 0 Å². The Hall–Kier alpha value is -3.39. The Kier molecular flexibility index (Phi) is 3.60. The fourth-order valence-corrected chi connectivity index (χ4v) is 4.66. The molecule has 0 bridgehead atoms. The molecule has 0 aromatic heterocycles. The first kappa shape index (κ1) is 16.6. The van der Waals surface area contributed by atoms with Crippen molar-refractivity contribution in [3.8, 4) is 23.0 Å². The Morgan fingerprint density at radius 1 is 0.517 bits per heavy atom. The van der Waals surface area contributed by atoms with Gasteiger partial charge < -0.3 is 9.47 Å². The van der Waals surface area contributed by atoms with Gasteiger partial charge in [-0.1, -0.05) is 85.1 Å². The second-order valence-electron chi connectivity index (χ2n) is 7.77. The third kappa shape index (κ3) is 2.52. The summed E-state index contributed by atoms with van der Waals surface area (Å²) in [5, 5.41) is 0. The number of para-hydroxylation sites is 2. The maximum Gasteiger partial charge on any atom is 0.250 e. The fourth-order valence-electron chi connectivity index (χ4n) is 4.66. The molecule has 0 saturated heterocycles. The second-order valence-corrected chi connectivity index (χ2v) is 7.77. The van der Waals surface area contributed by atoms with Crippen LogP contribution in [0.15, 0.2) is 91.0 Å². The van der Waals surface area contributed by atoms with Gasteiger partial charge in [0, 0.05) is 6.07 Å². The third-order valence-electron chi connectivity index (χ3n) is 6.11. The maximum absolute atomic E-state index is 6.34. The first-order chi connectivity index (χ1) is 14.3. The van der Waals surface area contributed by atoms with E-state index in [0.717, 1.165) is 23.0 Å². The van der Waals surface area contributed by atoms with E-state index in [1.54, 1.807) is 0 Å². The molecule has 6 rings (SSSR count). The number of hydrogen-bond acceptors (Lipinski definition) is 2. The van der Waals surface area contributed by atoms with Crippen molar-refractivity contribution < 1.29 is 9.47 Å². The summed E-state index contributed by atoms with van der Waals surface area (Å²) in [5.74, 6) is 3.62. The van der Waals surface area contributed by atoms with Gasteiger partial charge in [-0.15, -0.1) is 0 Å². The van der Waals surface area contributed by atoms with Crippen molar-refractivity contribution in [2.75, 3.05) is 0 Å². The zero-order valence-corrected chi connectivity index (χ0v) is 16.1. The van der Waals surface area contributed by atoms with Crippen LogP contribution in [0.4, 0.5) is 0 Å². The predicted octanol–water partition coefficient (Wildman–Crippen LogP) is 2.65. The number of benzene rings is 4.